The number of hydrogen-bond donors (Lipinski definition) is 2. The maximum Gasteiger partial charge on any atom is 0.314 e. The molecule has 0 unspecified atom stereocenters. The van der Waals surface area contributed by atoms with Gasteiger partial charge in [0.1, 0.15) is 0 Å². The topological polar surface area (TPSA) is 69.0 Å². The average molecular weight is 252 g/mol. The minimum Gasteiger partial charge on any atom is -0.316 e. The van der Waals surface area contributed by atoms with Crippen LogP contribution in [0.1, 0.15) is 11.1 Å². The molecule has 5 nitrogen and oxygen atoms in total. The normalized spacial score (nSPS) is 15.4. The highest BCUT2D eigenvalue weighted by molar-refractivity contribution is 6.32. The van der Waals surface area contributed by atoms with Gasteiger partial charge in [-0.3, -0.25) is 14.5 Å². The van der Waals surface area contributed by atoms with Gasteiger partial charge in [0, 0.05) is 18.1 Å². The molecule has 1 aromatic carbocycles. The predicted octanol–water partition coefficient (Wildman–Crippen LogP) is 0.815. The molecule has 1 aliphatic rings. The van der Waals surface area contributed by atoms with E-state index in [2.05, 4.69) is 14.9 Å². The van der Waals surface area contributed by atoms with Crippen LogP contribution in [-0.2, 0) is 13.1 Å². The Morgan fingerprint density at radius 2 is 1.82 bits per heavy atom. The maximum absolute atomic E-state index is 11.4. The van der Waals surface area contributed by atoms with Crippen LogP contribution in [0.4, 0.5) is 0 Å². The van der Waals surface area contributed by atoms with E-state index >= 15 is 0 Å². The molecule has 88 valence electrons. The van der Waals surface area contributed by atoms with Gasteiger partial charge in [0.2, 0.25) is 0 Å². The van der Waals surface area contributed by atoms with Gasteiger partial charge in [-0.1, -0.05) is 11.6 Å². The number of nitrogens with one attached hydrogen (secondary N) is 2. The Morgan fingerprint density at radius 3 is 2.59 bits per heavy atom. The molecule has 0 saturated heterocycles. The summed E-state index contributed by atoms with van der Waals surface area (Å²) in [6.07, 6.45) is 0. The van der Waals surface area contributed by atoms with Gasteiger partial charge in [-0.2, -0.15) is 0 Å². The van der Waals surface area contributed by atoms with Gasteiger partial charge >= 0.3 is 11.1 Å². The molecule has 0 amide bonds. The molecule has 0 atom stereocenters. The number of halogens is 1. The second-order valence-electron chi connectivity index (χ2n) is 4.32. The fourth-order valence-corrected chi connectivity index (χ4v) is 2.56. The Hall–Kier alpha value is -1.59. The lowest BCUT2D eigenvalue weighted by Gasteiger charge is -2.05. The highest BCUT2D eigenvalue weighted by Gasteiger charge is 2.22. The first-order valence-corrected chi connectivity index (χ1v) is 5.59. The summed E-state index contributed by atoms with van der Waals surface area (Å²) in [4.78, 5) is 29.9. The molecule has 0 aliphatic carbocycles. The van der Waals surface area contributed by atoms with Gasteiger partial charge in [0.05, 0.1) is 11.0 Å². The predicted molar refractivity (Wildman–Crippen MR) is 65.4 cm³/mol. The van der Waals surface area contributed by atoms with E-state index in [-0.39, 0.29) is 0 Å². The summed E-state index contributed by atoms with van der Waals surface area (Å²) in [7, 11) is 1.98. The van der Waals surface area contributed by atoms with Crippen LogP contribution < -0.4 is 11.1 Å². The molecule has 3 rings (SSSR count). The van der Waals surface area contributed by atoms with Crippen molar-refractivity contribution in [2.24, 2.45) is 0 Å². The van der Waals surface area contributed by atoms with E-state index in [0.29, 0.717) is 22.6 Å². The molecule has 0 fully saturated rings. The van der Waals surface area contributed by atoms with Crippen molar-refractivity contribution in [3.05, 3.63) is 42.9 Å². The number of aromatic amines is 2. The van der Waals surface area contributed by atoms with Crippen LogP contribution in [0.3, 0.4) is 0 Å². The Labute approximate surface area is 101 Å². The smallest absolute Gasteiger partial charge is 0.314 e. The van der Waals surface area contributed by atoms with E-state index in [1.165, 1.54) is 0 Å². The standard InChI is InChI=1S/C11H10ClN3O2/c1-15-3-5-6(4-15)9-8(2-7(5)12)13-10(16)11(17)14-9/h2H,3-4H2,1H3,(H,13,16)(H,14,17). The summed E-state index contributed by atoms with van der Waals surface area (Å²) < 4.78 is 0. The SMILES string of the molecule is CN1Cc2c(Cl)cc3[nH]c(=O)c(=O)[nH]c3c2C1. The fraction of sp³-hybridized carbons (Fsp3) is 0.273. The number of fused-ring (bicyclic) bond motifs is 3. The molecule has 0 spiro atoms. The van der Waals surface area contributed by atoms with E-state index in [4.69, 9.17) is 11.6 Å². The molecule has 2 N–H and O–H groups in total. The van der Waals surface area contributed by atoms with Crippen LogP contribution in [-0.4, -0.2) is 21.9 Å². The molecule has 2 aromatic rings. The summed E-state index contributed by atoms with van der Waals surface area (Å²) in [6.45, 7) is 1.47. The summed E-state index contributed by atoms with van der Waals surface area (Å²) >= 11 is 6.17. The van der Waals surface area contributed by atoms with Crippen molar-refractivity contribution in [2.75, 3.05) is 7.05 Å². The molecule has 1 aromatic heterocycles. The van der Waals surface area contributed by atoms with Crippen LogP contribution in [0, 0.1) is 0 Å². The second-order valence-corrected chi connectivity index (χ2v) is 4.73. The molecule has 17 heavy (non-hydrogen) atoms. The first-order chi connectivity index (χ1) is 8.06. The van der Waals surface area contributed by atoms with Gasteiger partial charge in [-0.05, 0) is 24.2 Å². The van der Waals surface area contributed by atoms with Crippen LogP contribution in [0.2, 0.25) is 5.02 Å². The van der Waals surface area contributed by atoms with Crippen molar-refractivity contribution in [1.82, 2.24) is 14.9 Å². The zero-order chi connectivity index (χ0) is 12.2. The maximum atomic E-state index is 11.4. The van der Waals surface area contributed by atoms with E-state index in [9.17, 15) is 9.59 Å². The minimum atomic E-state index is -0.653. The molecular formula is C11H10ClN3O2. The van der Waals surface area contributed by atoms with Gasteiger partial charge in [-0.15, -0.1) is 0 Å². The third kappa shape index (κ3) is 1.50. The quantitative estimate of drug-likeness (QED) is 0.681. The Kier molecular flexibility index (Phi) is 2.14. The first-order valence-electron chi connectivity index (χ1n) is 5.21. The van der Waals surface area contributed by atoms with E-state index in [1.54, 1.807) is 6.07 Å². The van der Waals surface area contributed by atoms with Crippen molar-refractivity contribution in [2.45, 2.75) is 13.1 Å². The van der Waals surface area contributed by atoms with Gasteiger partial charge < -0.3 is 9.97 Å². The number of H-pyrrole nitrogens is 2. The number of nitrogens with zero attached hydrogens (tertiary/aromatic N) is 1. The summed E-state index contributed by atoms with van der Waals surface area (Å²) in [5.41, 5.74) is 1.98. The van der Waals surface area contributed by atoms with Crippen molar-refractivity contribution < 1.29 is 0 Å². The third-order valence-corrected chi connectivity index (χ3v) is 3.38. The molecule has 0 saturated carbocycles. The Bertz CT molecular complexity index is 732. The third-order valence-electron chi connectivity index (χ3n) is 3.04. The molecule has 6 heteroatoms. The molecule has 0 bridgehead atoms. The van der Waals surface area contributed by atoms with E-state index < -0.39 is 11.1 Å². The van der Waals surface area contributed by atoms with Crippen LogP contribution in [0.5, 0.6) is 0 Å². The number of hydrogen-bond acceptors (Lipinski definition) is 3. The Balaban J connectivity index is 2.46. The van der Waals surface area contributed by atoms with Crippen LogP contribution in [0.15, 0.2) is 15.7 Å². The molecule has 2 heterocycles. The number of benzene rings is 1. The zero-order valence-electron chi connectivity index (χ0n) is 9.13. The lowest BCUT2D eigenvalue weighted by Crippen LogP contribution is -2.29. The van der Waals surface area contributed by atoms with Crippen molar-refractivity contribution >= 4 is 22.6 Å². The van der Waals surface area contributed by atoms with Crippen molar-refractivity contribution in [1.29, 1.82) is 0 Å². The van der Waals surface area contributed by atoms with Crippen molar-refractivity contribution in [3.63, 3.8) is 0 Å². The second kappa shape index (κ2) is 3.45. The summed E-state index contributed by atoms with van der Waals surface area (Å²) in [6, 6.07) is 1.69. The van der Waals surface area contributed by atoms with E-state index in [1.807, 2.05) is 7.05 Å². The average Bonchev–Trinajstić information content (AvgIpc) is 2.64. The first kappa shape index (κ1) is 10.6. The van der Waals surface area contributed by atoms with E-state index in [0.717, 1.165) is 17.7 Å². The molecular weight excluding hydrogens is 242 g/mol. The molecule has 1 aliphatic heterocycles. The lowest BCUT2D eigenvalue weighted by molar-refractivity contribution is 0.353. The number of rotatable bonds is 0. The van der Waals surface area contributed by atoms with Gasteiger partial charge in [0.25, 0.3) is 0 Å². The zero-order valence-corrected chi connectivity index (χ0v) is 9.89. The van der Waals surface area contributed by atoms with Crippen LogP contribution in [0.25, 0.3) is 11.0 Å². The minimum absolute atomic E-state index is 0.577. The highest BCUT2D eigenvalue weighted by Crippen LogP contribution is 2.32. The molecule has 0 radical (unpaired) electrons. The van der Waals surface area contributed by atoms with Crippen LogP contribution >= 0.6 is 11.6 Å². The summed E-state index contributed by atoms with van der Waals surface area (Å²) in [5.74, 6) is 0. The summed E-state index contributed by atoms with van der Waals surface area (Å²) in [5, 5.41) is 0.625. The highest BCUT2D eigenvalue weighted by atomic mass is 35.5. The van der Waals surface area contributed by atoms with Crippen molar-refractivity contribution in [3.8, 4) is 0 Å². The van der Waals surface area contributed by atoms with Gasteiger partial charge in [0.15, 0.2) is 0 Å². The lowest BCUT2D eigenvalue weighted by atomic mass is 10.1. The number of aromatic nitrogens is 2. The Morgan fingerprint density at radius 1 is 1.18 bits per heavy atom. The fourth-order valence-electron chi connectivity index (χ4n) is 2.28. The largest absolute Gasteiger partial charge is 0.316 e. The monoisotopic (exact) mass is 251 g/mol. The van der Waals surface area contributed by atoms with Gasteiger partial charge in [-0.25, -0.2) is 0 Å².